The number of hydrogen-bond acceptors (Lipinski definition) is 7. The molecule has 6 N–H and O–H groups in total. The third-order valence-electron chi connectivity index (χ3n) is 8.15. The van der Waals surface area contributed by atoms with Crippen molar-refractivity contribution in [1.82, 2.24) is 4.90 Å². The van der Waals surface area contributed by atoms with Gasteiger partial charge in [-0.1, -0.05) is 37.3 Å². The van der Waals surface area contributed by atoms with E-state index in [1.165, 1.54) is 5.56 Å². The van der Waals surface area contributed by atoms with Crippen LogP contribution in [0.15, 0.2) is 48.5 Å². The number of carbonyl (C=O) groups excluding carboxylic acids is 2. The van der Waals surface area contributed by atoms with Crippen LogP contribution in [0.5, 0.6) is 0 Å². The van der Waals surface area contributed by atoms with E-state index in [9.17, 15) is 9.59 Å². The van der Waals surface area contributed by atoms with E-state index in [-0.39, 0.29) is 11.8 Å². The van der Waals surface area contributed by atoms with Gasteiger partial charge < -0.3 is 20.5 Å². The van der Waals surface area contributed by atoms with Gasteiger partial charge in [0.25, 0.3) is 5.91 Å². The molecule has 0 fully saturated rings. The molecule has 2 atom stereocenters. The van der Waals surface area contributed by atoms with E-state index in [1.807, 2.05) is 62.9 Å². The summed E-state index contributed by atoms with van der Waals surface area (Å²) in [7, 11) is 0. The monoisotopic (exact) mass is 529 g/mol. The number of benzene rings is 3. The predicted molar refractivity (Wildman–Crippen MR) is 155 cm³/mol. The highest BCUT2D eigenvalue weighted by Gasteiger charge is 2.32. The van der Waals surface area contributed by atoms with Crippen LogP contribution in [0.4, 0.5) is 11.4 Å². The maximum Gasteiger partial charge on any atom is 0.328 e. The minimum absolute atomic E-state index is 0.0206. The van der Waals surface area contributed by atoms with E-state index in [0.717, 1.165) is 45.5 Å². The van der Waals surface area contributed by atoms with E-state index in [1.54, 1.807) is 11.9 Å². The van der Waals surface area contributed by atoms with Gasteiger partial charge in [0.05, 0.1) is 17.3 Å². The second-order valence-corrected chi connectivity index (χ2v) is 10.5. The highest BCUT2D eigenvalue weighted by atomic mass is 16.7. The van der Waals surface area contributed by atoms with Crippen molar-refractivity contribution in [2.24, 2.45) is 17.7 Å². The number of nitrogens with two attached hydrogens (primary N) is 3. The quantitative estimate of drug-likeness (QED) is 0.237. The normalized spacial score (nSPS) is 14.4. The molecule has 8 nitrogen and oxygen atoms in total. The fourth-order valence-electron chi connectivity index (χ4n) is 5.47. The number of hydrazine groups is 1. The fourth-order valence-corrected chi connectivity index (χ4v) is 5.47. The van der Waals surface area contributed by atoms with Gasteiger partial charge in [-0.3, -0.25) is 9.59 Å². The van der Waals surface area contributed by atoms with Crippen LogP contribution in [0.3, 0.4) is 0 Å². The zero-order valence-corrected chi connectivity index (χ0v) is 23.5. The van der Waals surface area contributed by atoms with Crippen LogP contribution >= 0.6 is 0 Å². The maximum absolute atomic E-state index is 13.4. The Morgan fingerprint density at radius 2 is 1.77 bits per heavy atom. The van der Waals surface area contributed by atoms with Crippen molar-refractivity contribution < 1.29 is 14.4 Å². The first-order valence-corrected chi connectivity index (χ1v) is 13.4. The molecule has 1 amide bonds. The number of anilines is 2. The zero-order valence-electron chi connectivity index (χ0n) is 23.5. The molecule has 0 bridgehead atoms. The van der Waals surface area contributed by atoms with Gasteiger partial charge >= 0.3 is 5.97 Å². The summed E-state index contributed by atoms with van der Waals surface area (Å²) in [6.07, 6.45) is 0.765. The molecule has 0 spiro atoms. The van der Waals surface area contributed by atoms with Crippen molar-refractivity contribution >= 4 is 23.3 Å². The first-order valence-electron chi connectivity index (χ1n) is 13.4. The van der Waals surface area contributed by atoms with E-state index < -0.39 is 11.9 Å². The molecular weight excluding hydrogens is 490 g/mol. The SMILES string of the molecule is CCN(N)c1ccc(C(c2ccc3c(c2)CN(C(=O)c2ccc(C)c(C)c2)CC3)C(C)C(=O)ON)c(C)c1N. The van der Waals surface area contributed by atoms with Crippen molar-refractivity contribution in [3.05, 3.63) is 93.0 Å². The lowest BCUT2D eigenvalue weighted by atomic mass is 9.78. The van der Waals surface area contributed by atoms with E-state index >= 15 is 0 Å². The Bertz CT molecular complexity index is 1400. The topological polar surface area (TPSA) is 128 Å². The molecule has 3 aromatic carbocycles. The molecule has 4 rings (SSSR count). The Balaban J connectivity index is 1.72. The first kappa shape index (κ1) is 28.1. The molecule has 206 valence electrons. The molecule has 1 aliphatic heterocycles. The zero-order chi connectivity index (χ0) is 28.4. The van der Waals surface area contributed by atoms with Crippen molar-refractivity contribution in [1.29, 1.82) is 0 Å². The van der Waals surface area contributed by atoms with Gasteiger partial charge in [0.2, 0.25) is 0 Å². The third kappa shape index (κ3) is 5.48. The van der Waals surface area contributed by atoms with Gasteiger partial charge in [0, 0.05) is 31.1 Å². The molecule has 2 unspecified atom stereocenters. The average molecular weight is 530 g/mol. The van der Waals surface area contributed by atoms with Crippen molar-refractivity contribution in [2.45, 2.75) is 53.5 Å². The predicted octanol–water partition coefficient (Wildman–Crippen LogP) is 4.28. The number of nitrogens with zero attached hydrogens (tertiary/aromatic N) is 2. The van der Waals surface area contributed by atoms with Crippen molar-refractivity contribution in [3.8, 4) is 0 Å². The van der Waals surface area contributed by atoms with Gasteiger partial charge in [-0.05, 0) is 91.3 Å². The standard InChI is InChI=1S/C31H39N5O3/c1-6-36(33)27-12-11-26(20(4)29(27)32)28(21(5)31(38)39-34)23-10-9-22-13-14-35(17-25(22)16-23)30(37)24-8-7-18(2)19(3)15-24/h7-12,15-16,21,28H,6,13-14,17,32-34H2,1-5H3. The summed E-state index contributed by atoms with van der Waals surface area (Å²) in [6, 6.07) is 15.9. The van der Waals surface area contributed by atoms with Crippen LogP contribution in [0.1, 0.15) is 69.1 Å². The van der Waals surface area contributed by atoms with E-state index in [2.05, 4.69) is 23.0 Å². The number of fused-ring (bicyclic) bond motifs is 1. The summed E-state index contributed by atoms with van der Waals surface area (Å²) in [4.78, 5) is 32.6. The lowest BCUT2D eigenvalue weighted by Crippen LogP contribution is -2.36. The lowest BCUT2D eigenvalue weighted by Gasteiger charge is -2.31. The minimum Gasteiger partial charge on any atom is -0.397 e. The Morgan fingerprint density at radius 1 is 1.03 bits per heavy atom. The lowest BCUT2D eigenvalue weighted by molar-refractivity contribution is -0.148. The summed E-state index contributed by atoms with van der Waals surface area (Å²) in [6.45, 7) is 11.5. The Hall–Kier alpha value is -3.88. The number of aryl methyl sites for hydroxylation is 2. The summed E-state index contributed by atoms with van der Waals surface area (Å²) in [5.41, 5.74) is 15.7. The van der Waals surface area contributed by atoms with Crippen LogP contribution in [0.25, 0.3) is 0 Å². The Morgan fingerprint density at radius 3 is 2.44 bits per heavy atom. The highest BCUT2D eigenvalue weighted by Crippen LogP contribution is 2.40. The maximum atomic E-state index is 13.4. The highest BCUT2D eigenvalue weighted by molar-refractivity contribution is 5.94. The molecule has 0 aromatic heterocycles. The molecule has 0 saturated carbocycles. The molecule has 0 aliphatic carbocycles. The first-order chi connectivity index (χ1) is 18.6. The molecule has 39 heavy (non-hydrogen) atoms. The van der Waals surface area contributed by atoms with Gasteiger partial charge in [0.1, 0.15) is 0 Å². The molecule has 1 heterocycles. The largest absolute Gasteiger partial charge is 0.397 e. The third-order valence-corrected chi connectivity index (χ3v) is 8.15. The van der Waals surface area contributed by atoms with Crippen LogP contribution in [0, 0.1) is 26.7 Å². The molecular formula is C31H39N5O3. The molecule has 8 heteroatoms. The number of nitrogen functional groups attached to an aromatic ring is 1. The molecule has 3 aromatic rings. The van der Waals surface area contributed by atoms with Crippen molar-refractivity contribution in [3.63, 3.8) is 0 Å². The molecule has 0 saturated heterocycles. The van der Waals surface area contributed by atoms with Gasteiger partial charge in [-0.2, -0.15) is 5.90 Å². The van der Waals surface area contributed by atoms with Crippen molar-refractivity contribution in [2.75, 3.05) is 23.8 Å². The van der Waals surface area contributed by atoms with Gasteiger partial charge in [-0.25, -0.2) is 5.84 Å². The second kappa shape index (κ2) is 11.5. The number of hydrogen-bond donors (Lipinski definition) is 3. The smallest absolute Gasteiger partial charge is 0.328 e. The summed E-state index contributed by atoms with van der Waals surface area (Å²) in [5.74, 6) is 10.0. The molecule has 1 aliphatic rings. The molecule has 0 radical (unpaired) electrons. The average Bonchev–Trinajstić information content (AvgIpc) is 2.95. The summed E-state index contributed by atoms with van der Waals surface area (Å²) < 4.78 is 0. The summed E-state index contributed by atoms with van der Waals surface area (Å²) in [5, 5.41) is 1.60. The van der Waals surface area contributed by atoms with E-state index in [4.69, 9.17) is 17.5 Å². The fraction of sp³-hybridized carbons (Fsp3) is 0.355. The van der Waals surface area contributed by atoms with Crippen LogP contribution in [-0.4, -0.2) is 29.9 Å². The summed E-state index contributed by atoms with van der Waals surface area (Å²) >= 11 is 0. The second-order valence-electron chi connectivity index (χ2n) is 10.5. The van der Waals surface area contributed by atoms with Crippen LogP contribution in [-0.2, 0) is 22.6 Å². The minimum atomic E-state index is -0.575. The number of carbonyl (C=O) groups is 2. The van der Waals surface area contributed by atoms with Crippen LogP contribution < -0.4 is 22.5 Å². The number of amides is 1. The Kier molecular flexibility index (Phi) is 8.28. The van der Waals surface area contributed by atoms with Gasteiger partial charge in [-0.15, -0.1) is 0 Å². The van der Waals surface area contributed by atoms with Gasteiger partial charge in [0.15, 0.2) is 0 Å². The van der Waals surface area contributed by atoms with E-state index in [0.29, 0.717) is 30.9 Å². The Labute approximate surface area is 230 Å². The van der Waals surface area contributed by atoms with Crippen LogP contribution in [0.2, 0.25) is 0 Å². The number of rotatable bonds is 7.